The van der Waals surface area contributed by atoms with Gasteiger partial charge in [-0.15, -0.1) is 0 Å². The van der Waals surface area contributed by atoms with Crippen LogP contribution in [0, 0.1) is 35.5 Å². The third kappa shape index (κ3) is 14.3. The summed E-state index contributed by atoms with van der Waals surface area (Å²) in [7, 11) is 0. The van der Waals surface area contributed by atoms with Crippen molar-refractivity contribution in [3.8, 4) is 0 Å². The van der Waals surface area contributed by atoms with E-state index >= 15 is 0 Å². The summed E-state index contributed by atoms with van der Waals surface area (Å²) in [6.07, 6.45) is 7.54. The lowest BCUT2D eigenvalue weighted by Gasteiger charge is -2.54. The molecule has 5 atom stereocenters. The molecule has 4 fully saturated rings. The van der Waals surface area contributed by atoms with Crippen LogP contribution in [-0.2, 0) is 46.4 Å². The molecule has 7 rings (SSSR count). The van der Waals surface area contributed by atoms with Gasteiger partial charge in [0, 0.05) is 62.0 Å². The third-order valence-corrected chi connectivity index (χ3v) is 13.7. The monoisotopic (exact) mass is 912 g/mol. The van der Waals surface area contributed by atoms with Gasteiger partial charge in [-0.1, -0.05) is 62.4 Å². The van der Waals surface area contributed by atoms with Crippen molar-refractivity contribution in [2.75, 3.05) is 19.6 Å². The lowest BCUT2D eigenvalue weighted by molar-refractivity contribution is -0.137. The van der Waals surface area contributed by atoms with E-state index in [2.05, 4.69) is 36.9 Å². The second-order valence-electron chi connectivity index (χ2n) is 19.3. The molecule has 4 aliphatic rings. The Balaban J connectivity index is 1.20. The maximum Gasteiger partial charge on any atom is 0.305 e. The molecule has 0 radical (unpaired) electrons. The molecule has 358 valence electrons. The van der Waals surface area contributed by atoms with E-state index in [0.29, 0.717) is 36.3 Å². The van der Waals surface area contributed by atoms with Crippen LogP contribution in [-0.4, -0.2) is 101 Å². The number of rotatable bonds is 26. The molecule has 2 aromatic carbocycles. The molecule has 6 amide bonds. The zero-order chi connectivity index (χ0) is 47.3. The van der Waals surface area contributed by atoms with Crippen LogP contribution in [0.15, 0.2) is 60.8 Å². The van der Waals surface area contributed by atoms with E-state index in [9.17, 15) is 38.7 Å². The number of aromatic amines is 1. The molecular formula is C49H69N9O8. The van der Waals surface area contributed by atoms with Gasteiger partial charge in [0.05, 0.1) is 18.9 Å². The normalized spacial score (nSPS) is 21.8. The number of amides is 6. The highest BCUT2D eigenvalue weighted by molar-refractivity contribution is 5.96. The number of hydrogen-bond donors (Lipinski definition) is 10. The highest BCUT2D eigenvalue weighted by Gasteiger charge is 2.48. The highest BCUT2D eigenvalue weighted by Crippen LogP contribution is 2.56. The van der Waals surface area contributed by atoms with Gasteiger partial charge in [0.15, 0.2) is 0 Å². The first kappa shape index (κ1) is 49.6. The largest absolute Gasteiger partial charge is 0.481 e. The average Bonchev–Trinajstić information content (AvgIpc) is 3.67. The second-order valence-corrected chi connectivity index (χ2v) is 19.3. The summed E-state index contributed by atoms with van der Waals surface area (Å²) in [4.78, 5) is 96.8. The predicted octanol–water partition coefficient (Wildman–Crippen LogP) is 2.17. The van der Waals surface area contributed by atoms with E-state index in [1.54, 1.807) is 30.5 Å². The molecule has 3 aromatic rings. The summed E-state index contributed by atoms with van der Waals surface area (Å²) in [6.45, 7) is 4.68. The molecule has 0 unspecified atom stereocenters. The summed E-state index contributed by atoms with van der Waals surface area (Å²) in [5, 5.41) is 27.2. The van der Waals surface area contributed by atoms with E-state index in [-0.39, 0.29) is 69.5 Å². The zero-order valence-electron chi connectivity index (χ0n) is 38.2. The van der Waals surface area contributed by atoms with Crippen molar-refractivity contribution in [3.05, 3.63) is 71.9 Å². The molecule has 4 bridgehead atoms. The minimum absolute atomic E-state index is 0.0428. The molecular weight excluding hydrogens is 843 g/mol. The van der Waals surface area contributed by atoms with Crippen LogP contribution in [0.3, 0.4) is 0 Å². The third-order valence-electron chi connectivity index (χ3n) is 13.7. The van der Waals surface area contributed by atoms with Gasteiger partial charge >= 0.3 is 5.97 Å². The Hall–Kier alpha value is -5.81. The van der Waals surface area contributed by atoms with Crippen LogP contribution in [0.1, 0.15) is 89.2 Å². The number of H-pyrrole nitrogens is 1. The maximum atomic E-state index is 14.4. The van der Waals surface area contributed by atoms with E-state index in [1.807, 2.05) is 44.2 Å². The number of aliphatic carboxylic acids is 1. The van der Waals surface area contributed by atoms with Crippen LogP contribution < -0.4 is 43.4 Å². The Morgan fingerprint density at radius 3 is 1.98 bits per heavy atom. The van der Waals surface area contributed by atoms with Crippen LogP contribution in [0.5, 0.6) is 0 Å². The molecule has 12 N–H and O–H groups in total. The Kier molecular flexibility index (Phi) is 17.7. The van der Waals surface area contributed by atoms with Crippen molar-refractivity contribution in [2.24, 2.45) is 47.0 Å². The molecule has 17 nitrogen and oxygen atoms in total. The van der Waals surface area contributed by atoms with Gasteiger partial charge in [0.1, 0.15) is 18.1 Å². The summed E-state index contributed by atoms with van der Waals surface area (Å²) in [5.41, 5.74) is 14.1. The van der Waals surface area contributed by atoms with E-state index < -0.39 is 59.7 Å². The first-order valence-electron chi connectivity index (χ1n) is 23.6. The molecule has 1 heterocycles. The number of carbonyl (C=O) groups is 7. The topological polar surface area (TPSA) is 280 Å². The van der Waals surface area contributed by atoms with E-state index in [1.165, 1.54) is 32.1 Å². The standard InChI is InChI=1S/C49H69N9O8/c1-28(2)16-35(50)26-54-40(24-44(60)55-27-37-32-18-30-17-31(20-32)21-33(37)19-30)48(65)56-39(12-13-43(51)59)47(64)58-42(23-34-25-53-38-11-7-6-10-36(34)38)49(66)57-41(22-29-8-4-3-5-9-29)46(63)52-15-14-45(61)62/h3-11,25,28,30-33,35,37,39-42,53-54H,12-24,26-27,50H2,1-2H3,(H2,51,59)(H,52,63)(H,55,60)(H,56,65)(H,57,66)(H,58,64)(H,61,62)/t30?,31?,32?,33?,35-,37?,39-,40-,41-,42-/m0/s1. The van der Waals surface area contributed by atoms with Gasteiger partial charge in [-0.25, -0.2) is 0 Å². The molecule has 4 saturated carbocycles. The Morgan fingerprint density at radius 1 is 0.727 bits per heavy atom. The van der Waals surface area contributed by atoms with Crippen molar-refractivity contribution in [3.63, 3.8) is 0 Å². The molecule has 66 heavy (non-hydrogen) atoms. The predicted molar refractivity (Wildman–Crippen MR) is 249 cm³/mol. The lowest BCUT2D eigenvalue weighted by atomic mass is 9.52. The first-order valence-corrected chi connectivity index (χ1v) is 23.6. The van der Waals surface area contributed by atoms with Crippen molar-refractivity contribution in [1.29, 1.82) is 0 Å². The highest BCUT2D eigenvalue weighted by atomic mass is 16.4. The molecule has 17 heteroatoms. The summed E-state index contributed by atoms with van der Waals surface area (Å²) < 4.78 is 0. The quantitative estimate of drug-likeness (QED) is 0.0561. The number of carbonyl (C=O) groups excluding carboxylic acids is 6. The van der Waals surface area contributed by atoms with Gasteiger partial charge in [-0.2, -0.15) is 0 Å². The molecule has 0 spiro atoms. The van der Waals surface area contributed by atoms with Gasteiger partial charge in [-0.05, 0) is 97.6 Å². The number of nitrogens with two attached hydrogens (primary N) is 2. The molecule has 0 aliphatic heterocycles. The number of primary amides is 1. The van der Waals surface area contributed by atoms with Gasteiger partial charge < -0.3 is 53.5 Å². The number of carboxylic acid groups (broad SMARTS) is 1. The van der Waals surface area contributed by atoms with Crippen molar-refractivity contribution in [1.82, 2.24) is 36.9 Å². The number of nitrogens with one attached hydrogen (secondary N) is 7. The van der Waals surface area contributed by atoms with Crippen LogP contribution in [0.25, 0.3) is 10.9 Å². The molecule has 1 aromatic heterocycles. The Bertz CT molecular complexity index is 2130. The van der Waals surface area contributed by atoms with E-state index in [4.69, 9.17) is 11.5 Å². The minimum Gasteiger partial charge on any atom is -0.481 e. The number of fused-ring (bicyclic) bond motifs is 1. The van der Waals surface area contributed by atoms with Crippen LogP contribution in [0.2, 0.25) is 0 Å². The minimum atomic E-state index is -1.37. The summed E-state index contributed by atoms with van der Waals surface area (Å²) in [6, 6.07) is 11.1. The summed E-state index contributed by atoms with van der Waals surface area (Å²) in [5.74, 6) is -1.43. The van der Waals surface area contributed by atoms with Crippen LogP contribution >= 0.6 is 0 Å². The zero-order valence-corrected chi connectivity index (χ0v) is 38.2. The van der Waals surface area contributed by atoms with E-state index in [0.717, 1.165) is 28.3 Å². The maximum absolute atomic E-state index is 14.4. The fourth-order valence-electron chi connectivity index (χ4n) is 10.7. The SMILES string of the molecule is CC(C)C[C@H](N)CN[C@@H](CC(=O)NCC1C2CC3CC(C2)CC1C3)C(=O)N[C@@H](CCC(N)=O)C(=O)N[C@@H](Cc1c[nH]c2ccccc12)C(=O)N[C@@H](Cc1ccccc1)C(=O)NCCC(=O)O. The number of benzene rings is 2. The van der Waals surface area contributed by atoms with Crippen molar-refractivity contribution < 1.29 is 38.7 Å². The van der Waals surface area contributed by atoms with Gasteiger partial charge in [-0.3, -0.25) is 33.6 Å². The van der Waals surface area contributed by atoms with Gasteiger partial charge in [0.25, 0.3) is 0 Å². The fourth-order valence-corrected chi connectivity index (χ4v) is 10.7. The van der Waals surface area contributed by atoms with Crippen molar-refractivity contribution >= 4 is 52.3 Å². The number of carboxylic acids is 1. The Labute approximate surface area is 386 Å². The summed E-state index contributed by atoms with van der Waals surface area (Å²) >= 11 is 0. The van der Waals surface area contributed by atoms with Gasteiger partial charge in [0.2, 0.25) is 35.4 Å². The first-order chi connectivity index (χ1) is 31.6. The smallest absolute Gasteiger partial charge is 0.305 e. The number of para-hydroxylation sites is 1. The number of hydrogen-bond acceptors (Lipinski definition) is 9. The van der Waals surface area contributed by atoms with Crippen LogP contribution in [0.4, 0.5) is 0 Å². The number of aromatic nitrogens is 1. The fraction of sp³-hybridized carbons (Fsp3) is 0.571. The van der Waals surface area contributed by atoms with Crippen molar-refractivity contribution in [2.45, 2.75) is 121 Å². The Morgan fingerprint density at radius 2 is 1.33 bits per heavy atom. The lowest BCUT2D eigenvalue weighted by Crippen LogP contribution is -2.59. The molecule has 4 aliphatic carbocycles. The average molecular weight is 912 g/mol. The second kappa shape index (κ2) is 23.6. The molecule has 0 saturated heterocycles.